The van der Waals surface area contributed by atoms with E-state index < -0.39 is 6.04 Å². The van der Waals surface area contributed by atoms with Crippen molar-refractivity contribution in [2.24, 2.45) is 5.92 Å². The van der Waals surface area contributed by atoms with Gasteiger partial charge in [-0.3, -0.25) is 9.59 Å². The molecule has 1 aliphatic heterocycles. The first-order chi connectivity index (χ1) is 8.97. The number of ether oxygens (including phenoxy) is 1. The molecule has 1 N–H and O–H groups in total. The lowest BCUT2D eigenvalue weighted by atomic mass is 9.94. The molecule has 1 heterocycles. The molecule has 1 saturated carbocycles. The molecular weight excluding hydrogens is 244 g/mol. The molecule has 0 bridgehead atoms. The number of nitrogens with zero attached hydrogens (tertiary/aromatic N) is 1. The van der Waals surface area contributed by atoms with Gasteiger partial charge in [-0.15, -0.1) is 0 Å². The molecule has 108 valence electrons. The summed E-state index contributed by atoms with van der Waals surface area (Å²) >= 11 is 0. The average molecular weight is 268 g/mol. The Morgan fingerprint density at radius 1 is 1.32 bits per heavy atom. The van der Waals surface area contributed by atoms with E-state index in [1.54, 1.807) is 18.9 Å². The molecular formula is C14H24N2O3. The average Bonchev–Trinajstić information content (AvgIpc) is 2.80. The van der Waals surface area contributed by atoms with Gasteiger partial charge in [-0.1, -0.05) is 13.8 Å². The maximum Gasteiger partial charge on any atom is 0.245 e. The lowest BCUT2D eigenvalue weighted by Gasteiger charge is -2.44. The van der Waals surface area contributed by atoms with Gasteiger partial charge in [-0.05, 0) is 32.1 Å². The molecule has 0 aromatic heterocycles. The van der Waals surface area contributed by atoms with Crippen molar-refractivity contribution in [1.29, 1.82) is 0 Å². The SMILES string of the molecule is COC1CCCC1N1C(=O)C(C)NC(=O)C1C(C)C. The van der Waals surface area contributed by atoms with Crippen molar-refractivity contribution in [3.05, 3.63) is 0 Å². The number of amides is 2. The summed E-state index contributed by atoms with van der Waals surface area (Å²) in [6.07, 6.45) is 3.00. The van der Waals surface area contributed by atoms with Crippen LogP contribution in [0.15, 0.2) is 0 Å². The van der Waals surface area contributed by atoms with Crippen LogP contribution in [0.3, 0.4) is 0 Å². The molecule has 1 saturated heterocycles. The zero-order chi connectivity index (χ0) is 14.2. The van der Waals surface area contributed by atoms with Gasteiger partial charge in [0, 0.05) is 7.11 Å². The van der Waals surface area contributed by atoms with Gasteiger partial charge in [-0.25, -0.2) is 0 Å². The summed E-state index contributed by atoms with van der Waals surface area (Å²) in [5, 5.41) is 2.78. The standard InChI is InChI=1S/C14H24N2O3/c1-8(2)12-13(17)15-9(3)14(18)16(12)10-6-5-7-11(10)19-4/h8-12H,5-7H2,1-4H3,(H,15,17). The molecule has 4 unspecified atom stereocenters. The summed E-state index contributed by atoms with van der Waals surface area (Å²) in [6, 6.07) is -0.761. The van der Waals surface area contributed by atoms with E-state index in [4.69, 9.17) is 4.74 Å². The Kier molecular flexibility index (Phi) is 4.13. The molecule has 0 aromatic rings. The van der Waals surface area contributed by atoms with E-state index in [0.29, 0.717) is 0 Å². The van der Waals surface area contributed by atoms with E-state index in [1.807, 2.05) is 13.8 Å². The van der Waals surface area contributed by atoms with Crippen LogP contribution in [-0.4, -0.2) is 48.1 Å². The van der Waals surface area contributed by atoms with E-state index in [0.717, 1.165) is 19.3 Å². The fourth-order valence-electron chi connectivity index (χ4n) is 3.34. The Labute approximate surface area is 114 Å². The zero-order valence-electron chi connectivity index (χ0n) is 12.2. The quantitative estimate of drug-likeness (QED) is 0.828. The van der Waals surface area contributed by atoms with Gasteiger partial charge in [0.1, 0.15) is 12.1 Å². The minimum Gasteiger partial charge on any atom is -0.379 e. The van der Waals surface area contributed by atoms with E-state index in [9.17, 15) is 9.59 Å². The summed E-state index contributed by atoms with van der Waals surface area (Å²) in [4.78, 5) is 26.5. The van der Waals surface area contributed by atoms with Crippen molar-refractivity contribution in [3.63, 3.8) is 0 Å². The number of carbonyl (C=O) groups is 2. The number of methoxy groups -OCH3 is 1. The fourth-order valence-corrected chi connectivity index (χ4v) is 3.34. The highest BCUT2D eigenvalue weighted by Crippen LogP contribution is 2.31. The van der Waals surface area contributed by atoms with Crippen LogP contribution in [0, 0.1) is 5.92 Å². The highest BCUT2D eigenvalue weighted by atomic mass is 16.5. The van der Waals surface area contributed by atoms with Crippen LogP contribution in [0.1, 0.15) is 40.0 Å². The molecule has 0 aromatic carbocycles. The molecule has 2 amide bonds. The summed E-state index contributed by atoms with van der Waals surface area (Å²) in [5.41, 5.74) is 0. The number of rotatable bonds is 3. The third kappa shape index (κ3) is 2.48. The van der Waals surface area contributed by atoms with Gasteiger partial charge in [0.05, 0.1) is 12.1 Å². The summed E-state index contributed by atoms with van der Waals surface area (Å²) in [5.74, 6) is 0.0886. The smallest absolute Gasteiger partial charge is 0.245 e. The predicted molar refractivity (Wildman–Crippen MR) is 71.5 cm³/mol. The lowest BCUT2D eigenvalue weighted by molar-refractivity contribution is -0.156. The Morgan fingerprint density at radius 3 is 2.58 bits per heavy atom. The van der Waals surface area contributed by atoms with Crippen molar-refractivity contribution in [1.82, 2.24) is 10.2 Å². The fraction of sp³-hybridized carbons (Fsp3) is 0.857. The number of piperazine rings is 1. The van der Waals surface area contributed by atoms with E-state index in [1.165, 1.54) is 0 Å². The van der Waals surface area contributed by atoms with Crippen molar-refractivity contribution >= 4 is 11.8 Å². The Balaban J connectivity index is 2.30. The van der Waals surface area contributed by atoms with Crippen LogP contribution in [0.4, 0.5) is 0 Å². The van der Waals surface area contributed by atoms with Crippen LogP contribution in [0.5, 0.6) is 0 Å². The Bertz CT molecular complexity index is 370. The number of nitrogens with one attached hydrogen (secondary N) is 1. The molecule has 0 radical (unpaired) electrons. The van der Waals surface area contributed by atoms with Crippen molar-refractivity contribution < 1.29 is 14.3 Å². The largest absolute Gasteiger partial charge is 0.379 e. The maximum atomic E-state index is 12.5. The molecule has 19 heavy (non-hydrogen) atoms. The van der Waals surface area contributed by atoms with Crippen LogP contribution in [0.2, 0.25) is 0 Å². The Morgan fingerprint density at radius 2 is 2.00 bits per heavy atom. The van der Waals surface area contributed by atoms with Gasteiger partial charge >= 0.3 is 0 Å². The van der Waals surface area contributed by atoms with Crippen LogP contribution < -0.4 is 5.32 Å². The predicted octanol–water partition coefficient (Wildman–Crippen LogP) is 0.925. The van der Waals surface area contributed by atoms with Crippen LogP contribution in [-0.2, 0) is 14.3 Å². The second kappa shape index (κ2) is 5.49. The van der Waals surface area contributed by atoms with Crippen LogP contribution in [0.25, 0.3) is 0 Å². The maximum absolute atomic E-state index is 12.5. The van der Waals surface area contributed by atoms with Gasteiger partial charge in [0.25, 0.3) is 0 Å². The molecule has 5 nitrogen and oxygen atoms in total. The van der Waals surface area contributed by atoms with Crippen molar-refractivity contribution in [3.8, 4) is 0 Å². The molecule has 2 aliphatic rings. The molecule has 2 rings (SSSR count). The number of hydrogen-bond donors (Lipinski definition) is 1. The Hall–Kier alpha value is -1.10. The number of carbonyl (C=O) groups excluding carboxylic acids is 2. The summed E-state index contributed by atoms with van der Waals surface area (Å²) in [7, 11) is 1.69. The normalized spacial score (nSPS) is 35.9. The second-order valence-electron chi connectivity index (χ2n) is 5.94. The monoisotopic (exact) mass is 268 g/mol. The van der Waals surface area contributed by atoms with Crippen LogP contribution >= 0.6 is 0 Å². The molecule has 4 atom stereocenters. The minimum absolute atomic E-state index is 0.0206. The first-order valence-electron chi connectivity index (χ1n) is 7.12. The lowest BCUT2D eigenvalue weighted by Crippen LogP contribution is -2.67. The van der Waals surface area contributed by atoms with Crippen molar-refractivity contribution in [2.75, 3.05) is 7.11 Å². The van der Waals surface area contributed by atoms with Gasteiger partial charge in [0.2, 0.25) is 11.8 Å². The molecule has 2 fully saturated rings. The van der Waals surface area contributed by atoms with Gasteiger partial charge in [0.15, 0.2) is 0 Å². The highest BCUT2D eigenvalue weighted by molar-refractivity contribution is 5.97. The van der Waals surface area contributed by atoms with E-state index in [-0.39, 0.29) is 35.9 Å². The summed E-state index contributed by atoms with van der Waals surface area (Å²) < 4.78 is 5.50. The number of hydrogen-bond acceptors (Lipinski definition) is 3. The zero-order valence-corrected chi connectivity index (χ0v) is 12.2. The summed E-state index contributed by atoms with van der Waals surface area (Å²) in [6.45, 7) is 5.72. The first-order valence-corrected chi connectivity index (χ1v) is 7.12. The second-order valence-corrected chi connectivity index (χ2v) is 5.94. The molecule has 1 aliphatic carbocycles. The van der Waals surface area contributed by atoms with E-state index >= 15 is 0 Å². The van der Waals surface area contributed by atoms with E-state index in [2.05, 4.69) is 5.32 Å². The van der Waals surface area contributed by atoms with Crippen molar-refractivity contribution in [2.45, 2.75) is 64.3 Å². The first kappa shape index (κ1) is 14.3. The highest BCUT2D eigenvalue weighted by Gasteiger charge is 2.46. The topological polar surface area (TPSA) is 58.6 Å². The molecule has 5 heteroatoms. The van der Waals surface area contributed by atoms with Gasteiger partial charge in [-0.2, -0.15) is 0 Å². The third-order valence-electron chi connectivity index (χ3n) is 4.26. The third-order valence-corrected chi connectivity index (χ3v) is 4.26. The molecule has 0 spiro atoms. The minimum atomic E-state index is -0.430. The van der Waals surface area contributed by atoms with Gasteiger partial charge < -0.3 is 15.0 Å².